The first-order valence-electron chi connectivity index (χ1n) is 15.2. The van der Waals surface area contributed by atoms with Gasteiger partial charge in [0.05, 0.1) is 19.1 Å². The van der Waals surface area contributed by atoms with Crippen LogP contribution >= 0.6 is 0 Å². The summed E-state index contributed by atoms with van der Waals surface area (Å²) >= 11 is 0. The van der Waals surface area contributed by atoms with E-state index in [0.29, 0.717) is 44.6 Å². The number of halogens is 1. The quantitative estimate of drug-likeness (QED) is 0.408. The fraction of sp³-hybridized carbons (Fsp3) is 0.441. The van der Waals surface area contributed by atoms with Gasteiger partial charge in [-0.05, 0) is 60.6 Å². The van der Waals surface area contributed by atoms with Gasteiger partial charge in [0.25, 0.3) is 5.56 Å². The highest BCUT2D eigenvalue weighted by atomic mass is 19.1. The summed E-state index contributed by atoms with van der Waals surface area (Å²) in [5, 5.41) is 12.8. The number of aliphatic carboxylic acids is 1. The Morgan fingerprint density at radius 2 is 1.84 bits per heavy atom. The number of fused-ring (bicyclic) bond motifs is 4. The van der Waals surface area contributed by atoms with Crippen molar-refractivity contribution in [3.63, 3.8) is 0 Å². The molecule has 2 aliphatic heterocycles. The van der Waals surface area contributed by atoms with Crippen LogP contribution in [-0.2, 0) is 16.0 Å². The molecule has 1 aromatic heterocycles. The van der Waals surface area contributed by atoms with Gasteiger partial charge in [-0.25, -0.2) is 4.39 Å². The first kappa shape index (κ1) is 30.5. The van der Waals surface area contributed by atoms with Gasteiger partial charge in [-0.3, -0.25) is 19.3 Å². The largest absolute Gasteiger partial charge is 0.493 e. The van der Waals surface area contributed by atoms with E-state index in [2.05, 4.69) is 5.32 Å². The van der Waals surface area contributed by atoms with Gasteiger partial charge in [0.1, 0.15) is 18.0 Å². The number of carboxylic acids is 1. The highest BCUT2D eigenvalue weighted by Crippen LogP contribution is 2.35. The van der Waals surface area contributed by atoms with Crippen LogP contribution in [0.4, 0.5) is 4.39 Å². The lowest BCUT2D eigenvalue weighted by atomic mass is 9.94. The van der Waals surface area contributed by atoms with E-state index in [1.54, 1.807) is 12.3 Å². The maximum absolute atomic E-state index is 13.9. The van der Waals surface area contributed by atoms with Crippen LogP contribution in [0.1, 0.15) is 67.3 Å². The highest BCUT2D eigenvalue weighted by Gasteiger charge is 2.28. The number of hydrogen-bond acceptors (Lipinski definition) is 5. The molecule has 2 atom stereocenters. The molecule has 0 unspecified atom stereocenters. The Hall–Kier alpha value is -3.98. The van der Waals surface area contributed by atoms with Crippen molar-refractivity contribution in [2.45, 2.75) is 70.1 Å². The number of ether oxygens (including phenoxy) is 1. The Labute approximate surface area is 251 Å². The van der Waals surface area contributed by atoms with Crippen molar-refractivity contribution in [1.29, 1.82) is 0 Å². The number of carbonyl (C=O) groups excluding carboxylic acids is 1. The normalized spacial score (nSPS) is 20.4. The molecule has 3 aromatic rings. The zero-order valence-electron chi connectivity index (χ0n) is 24.6. The Kier molecular flexibility index (Phi) is 9.92. The number of nitrogens with one attached hydrogen (secondary N) is 1. The molecular weight excluding hydrogens is 549 g/mol. The molecule has 0 spiro atoms. The Bertz CT molecular complexity index is 1500. The fourth-order valence-electron chi connectivity index (χ4n) is 6.03. The van der Waals surface area contributed by atoms with E-state index in [0.717, 1.165) is 53.7 Å². The molecule has 228 valence electrons. The van der Waals surface area contributed by atoms with Crippen LogP contribution in [0.5, 0.6) is 5.75 Å². The monoisotopic (exact) mass is 589 g/mol. The topological polar surface area (TPSA) is 101 Å². The highest BCUT2D eigenvalue weighted by molar-refractivity contribution is 5.82. The third-order valence-corrected chi connectivity index (χ3v) is 8.40. The summed E-state index contributed by atoms with van der Waals surface area (Å²) in [7, 11) is 0. The second-order valence-electron chi connectivity index (χ2n) is 11.7. The number of nitrogens with zero attached hydrogens (tertiary/aromatic N) is 2. The van der Waals surface area contributed by atoms with Crippen molar-refractivity contribution >= 4 is 11.9 Å². The minimum Gasteiger partial charge on any atom is -0.493 e. The maximum atomic E-state index is 13.9. The summed E-state index contributed by atoms with van der Waals surface area (Å²) < 4.78 is 21.0. The second-order valence-corrected chi connectivity index (χ2v) is 11.7. The molecule has 8 nitrogen and oxygen atoms in total. The van der Waals surface area contributed by atoms with Gasteiger partial charge in [-0.1, -0.05) is 55.7 Å². The minimum atomic E-state index is -1.04. The van der Waals surface area contributed by atoms with Gasteiger partial charge in [0.2, 0.25) is 5.91 Å². The number of aryl methyl sites for hydroxylation is 1. The van der Waals surface area contributed by atoms with E-state index < -0.39 is 24.2 Å². The molecule has 0 saturated carbocycles. The number of carbonyl (C=O) groups is 2. The smallest absolute Gasteiger partial charge is 0.305 e. The van der Waals surface area contributed by atoms with Crippen LogP contribution in [0.2, 0.25) is 0 Å². The third kappa shape index (κ3) is 7.70. The number of rotatable bonds is 6. The summed E-state index contributed by atoms with van der Waals surface area (Å²) in [5.41, 5.74) is 4.12. The van der Waals surface area contributed by atoms with Crippen LogP contribution in [-0.4, -0.2) is 58.9 Å². The van der Waals surface area contributed by atoms with Crippen LogP contribution in [0, 0.1) is 6.92 Å². The number of benzene rings is 2. The van der Waals surface area contributed by atoms with E-state index in [1.807, 2.05) is 54.3 Å². The molecule has 0 aliphatic carbocycles. The van der Waals surface area contributed by atoms with E-state index in [4.69, 9.17) is 4.74 Å². The standard InChI is InChI=1S/C34H40FN3O5/c1-23-8-6-12-30-33(23)26-10-7-9-25(18-26)28(19-32(40)41)36-34(42)29(11-4-2-3-5-17-43-30)38-20-24(13-14-31(38)39)15-16-37-21-27(35)22-37/h6-10,12-14,18,20,27-29H,2-5,11,15-17,19,21-22H2,1H3,(H,36,42)(H,40,41)/t28-,29-/m0/s1. The summed E-state index contributed by atoms with van der Waals surface area (Å²) in [6.07, 6.45) is 5.07. The number of hydrogen-bond donors (Lipinski definition) is 2. The van der Waals surface area contributed by atoms with Crippen LogP contribution in [0.3, 0.4) is 0 Å². The van der Waals surface area contributed by atoms with Crippen molar-refractivity contribution in [2.24, 2.45) is 0 Å². The molecule has 3 heterocycles. The molecular formula is C34H40FN3O5. The summed E-state index contributed by atoms with van der Waals surface area (Å²) in [6.45, 7) is 4.10. The van der Waals surface area contributed by atoms with Gasteiger partial charge in [0.15, 0.2) is 0 Å². The summed E-state index contributed by atoms with van der Waals surface area (Å²) in [6, 6.07) is 15.1. The Morgan fingerprint density at radius 3 is 2.63 bits per heavy atom. The van der Waals surface area contributed by atoms with Crippen LogP contribution in [0.25, 0.3) is 11.1 Å². The molecule has 1 fully saturated rings. The third-order valence-electron chi connectivity index (χ3n) is 8.40. The summed E-state index contributed by atoms with van der Waals surface area (Å²) in [4.78, 5) is 41.0. The number of alkyl halides is 1. The molecule has 1 amide bonds. The molecule has 43 heavy (non-hydrogen) atoms. The molecule has 2 N–H and O–H groups in total. The van der Waals surface area contributed by atoms with Crippen molar-refractivity contribution < 1.29 is 23.8 Å². The lowest BCUT2D eigenvalue weighted by Crippen LogP contribution is -2.49. The van der Waals surface area contributed by atoms with Gasteiger partial charge in [-0.15, -0.1) is 0 Å². The zero-order chi connectivity index (χ0) is 30.3. The molecule has 1 saturated heterocycles. The molecule has 9 heteroatoms. The van der Waals surface area contributed by atoms with Gasteiger partial charge >= 0.3 is 5.97 Å². The minimum absolute atomic E-state index is 0.289. The molecule has 2 bridgehead atoms. The first-order valence-corrected chi connectivity index (χ1v) is 15.2. The predicted octanol–water partition coefficient (Wildman–Crippen LogP) is 5.24. The lowest BCUT2D eigenvalue weighted by Gasteiger charge is -2.34. The van der Waals surface area contributed by atoms with Crippen LogP contribution < -0.4 is 15.6 Å². The number of pyridine rings is 1. The first-order chi connectivity index (χ1) is 20.8. The Morgan fingerprint density at radius 1 is 1.05 bits per heavy atom. The average molecular weight is 590 g/mol. The van der Waals surface area contributed by atoms with E-state index in [-0.39, 0.29) is 17.9 Å². The van der Waals surface area contributed by atoms with Crippen molar-refractivity contribution in [2.75, 3.05) is 26.2 Å². The van der Waals surface area contributed by atoms with Crippen molar-refractivity contribution in [1.82, 2.24) is 14.8 Å². The van der Waals surface area contributed by atoms with Crippen molar-refractivity contribution in [3.8, 4) is 16.9 Å². The lowest BCUT2D eigenvalue weighted by molar-refractivity contribution is -0.138. The number of amides is 1. The van der Waals surface area contributed by atoms with Crippen LogP contribution in [0.15, 0.2) is 65.6 Å². The zero-order valence-corrected chi connectivity index (χ0v) is 24.6. The van der Waals surface area contributed by atoms with E-state index >= 15 is 0 Å². The van der Waals surface area contributed by atoms with Crippen molar-refractivity contribution in [3.05, 3.63) is 87.8 Å². The molecule has 2 aromatic carbocycles. The molecule has 2 aliphatic rings. The van der Waals surface area contributed by atoms with E-state index in [1.165, 1.54) is 10.6 Å². The average Bonchev–Trinajstić information content (AvgIpc) is 2.96. The maximum Gasteiger partial charge on any atom is 0.305 e. The molecule has 0 radical (unpaired) electrons. The van der Waals surface area contributed by atoms with Gasteiger partial charge in [-0.2, -0.15) is 0 Å². The van der Waals surface area contributed by atoms with Gasteiger partial charge in [0, 0.05) is 37.5 Å². The molecule has 5 rings (SSSR count). The number of likely N-dealkylation sites (tertiary alicyclic amines) is 1. The Balaban J connectivity index is 1.47. The SMILES string of the molecule is Cc1cccc2c1-c1cccc(c1)[C@H](CC(=O)O)NC(=O)[C@@H](n1cc(CCN3CC(F)C3)ccc1=O)CCCCCCO2. The van der Waals surface area contributed by atoms with Gasteiger partial charge < -0.3 is 19.7 Å². The van der Waals surface area contributed by atoms with E-state index in [9.17, 15) is 23.9 Å². The fourth-order valence-corrected chi connectivity index (χ4v) is 6.03. The predicted molar refractivity (Wildman–Crippen MR) is 163 cm³/mol. The number of aromatic nitrogens is 1. The second kappa shape index (κ2) is 14.0. The number of carboxylic acid groups (broad SMARTS) is 1. The summed E-state index contributed by atoms with van der Waals surface area (Å²) in [5.74, 6) is -0.644.